The van der Waals surface area contributed by atoms with Crippen LogP contribution in [0.25, 0.3) is 0 Å². The standard InChI is InChI=1S/C12H20O2/c1-4-5-9-8-12(2,3)7-6-10(9)11(13)14/h5,10H,4,6-8H2,1-3H3,(H,13,14)/p-1/b9-5+. The minimum Gasteiger partial charge on any atom is -0.550 e. The highest BCUT2D eigenvalue weighted by Gasteiger charge is 2.30. The molecule has 1 fully saturated rings. The predicted octanol–water partition coefficient (Wildman–Crippen LogP) is 1.90. The number of hydrogen-bond acceptors (Lipinski definition) is 2. The molecule has 0 aromatic carbocycles. The first-order chi connectivity index (χ1) is 6.46. The summed E-state index contributed by atoms with van der Waals surface area (Å²) in [6.45, 7) is 6.44. The van der Waals surface area contributed by atoms with Gasteiger partial charge in [-0.3, -0.25) is 0 Å². The predicted molar refractivity (Wildman–Crippen MR) is 54.5 cm³/mol. The van der Waals surface area contributed by atoms with Crippen molar-refractivity contribution in [3.8, 4) is 0 Å². The van der Waals surface area contributed by atoms with Gasteiger partial charge >= 0.3 is 0 Å². The Morgan fingerprint density at radius 3 is 2.79 bits per heavy atom. The van der Waals surface area contributed by atoms with Crippen molar-refractivity contribution in [2.24, 2.45) is 11.3 Å². The summed E-state index contributed by atoms with van der Waals surface area (Å²) < 4.78 is 0. The van der Waals surface area contributed by atoms with Gasteiger partial charge in [0.25, 0.3) is 0 Å². The molecule has 1 aliphatic carbocycles. The van der Waals surface area contributed by atoms with Crippen LogP contribution in [-0.2, 0) is 4.79 Å². The molecule has 14 heavy (non-hydrogen) atoms. The van der Waals surface area contributed by atoms with Gasteiger partial charge in [0.15, 0.2) is 0 Å². The molecule has 1 aliphatic rings. The summed E-state index contributed by atoms with van der Waals surface area (Å²) in [5.74, 6) is -1.23. The average Bonchev–Trinajstić information content (AvgIpc) is 2.02. The molecule has 1 rings (SSSR count). The molecule has 80 valence electrons. The van der Waals surface area contributed by atoms with Crippen LogP contribution < -0.4 is 5.11 Å². The fourth-order valence-electron chi connectivity index (χ4n) is 2.23. The molecule has 0 saturated heterocycles. The average molecular weight is 195 g/mol. The second kappa shape index (κ2) is 4.16. The third-order valence-electron chi connectivity index (χ3n) is 2.99. The molecule has 2 heteroatoms. The Balaban J connectivity index is 2.81. The van der Waals surface area contributed by atoms with Gasteiger partial charge in [-0.1, -0.05) is 32.4 Å². The van der Waals surface area contributed by atoms with Crippen molar-refractivity contribution in [3.05, 3.63) is 11.6 Å². The van der Waals surface area contributed by atoms with Crippen LogP contribution in [0.5, 0.6) is 0 Å². The maximum absolute atomic E-state index is 10.9. The van der Waals surface area contributed by atoms with Crippen LogP contribution in [-0.4, -0.2) is 5.97 Å². The number of carbonyl (C=O) groups is 1. The fraction of sp³-hybridized carbons (Fsp3) is 0.750. The van der Waals surface area contributed by atoms with Crippen molar-refractivity contribution < 1.29 is 9.90 Å². The molecule has 0 bridgehead atoms. The highest BCUT2D eigenvalue weighted by molar-refractivity contribution is 5.71. The molecule has 1 saturated carbocycles. The first kappa shape index (κ1) is 11.3. The lowest BCUT2D eigenvalue weighted by Gasteiger charge is -2.37. The van der Waals surface area contributed by atoms with Gasteiger partial charge in [-0.05, 0) is 31.1 Å². The molecule has 0 aromatic rings. The Hall–Kier alpha value is -0.790. The fourth-order valence-corrected chi connectivity index (χ4v) is 2.23. The van der Waals surface area contributed by atoms with Gasteiger partial charge in [0.2, 0.25) is 0 Å². The van der Waals surface area contributed by atoms with E-state index < -0.39 is 5.97 Å². The molecule has 0 amide bonds. The molecule has 2 nitrogen and oxygen atoms in total. The van der Waals surface area contributed by atoms with Crippen LogP contribution in [0.3, 0.4) is 0 Å². The zero-order valence-electron chi connectivity index (χ0n) is 9.30. The summed E-state index contributed by atoms with van der Waals surface area (Å²) in [5.41, 5.74) is 1.33. The number of rotatable bonds is 2. The van der Waals surface area contributed by atoms with Crippen LogP contribution >= 0.6 is 0 Å². The van der Waals surface area contributed by atoms with Gasteiger partial charge in [0.05, 0.1) is 0 Å². The van der Waals surface area contributed by atoms with E-state index in [1.165, 1.54) is 0 Å². The minimum absolute atomic E-state index is 0.257. The zero-order valence-corrected chi connectivity index (χ0v) is 9.30. The molecule has 1 unspecified atom stereocenters. The Morgan fingerprint density at radius 2 is 2.29 bits per heavy atom. The molecular formula is C12H19O2-. The van der Waals surface area contributed by atoms with E-state index in [1.807, 2.05) is 6.92 Å². The molecule has 0 radical (unpaired) electrons. The van der Waals surface area contributed by atoms with Crippen LogP contribution in [0.1, 0.15) is 46.5 Å². The highest BCUT2D eigenvalue weighted by atomic mass is 16.4. The molecule has 0 spiro atoms. The number of carbonyl (C=O) groups excluding carboxylic acids is 1. The van der Waals surface area contributed by atoms with Crippen LogP contribution in [0, 0.1) is 11.3 Å². The maximum Gasteiger partial charge on any atom is 0.0485 e. The largest absolute Gasteiger partial charge is 0.550 e. The van der Waals surface area contributed by atoms with Crippen LogP contribution in [0.2, 0.25) is 0 Å². The number of aliphatic carboxylic acids is 1. The molecule has 0 aliphatic heterocycles. The van der Waals surface area contributed by atoms with Crippen LogP contribution in [0.15, 0.2) is 11.6 Å². The summed E-state index contributed by atoms with van der Waals surface area (Å²) in [4.78, 5) is 10.9. The number of carboxylic acids is 1. The van der Waals surface area contributed by atoms with Crippen molar-refractivity contribution >= 4 is 5.97 Å². The topological polar surface area (TPSA) is 40.1 Å². The summed E-state index contributed by atoms with van der Waals surface area (Å²) in [6, 6.07) is 0. The Labute approximate surface area is 86.0 Å². The lowest BCUT2D eigenvalue weighted by Crippen LogP contribution is -2.37. The van der Waals surface area contributed by atoms with Crippen molar-refractivity contribution in [2.45, 2.75) is 46.5 Å². The van der Waals surface area contributed by atoms with Crippen molar-refractivity contribution in [1.82, 2.24) is 0 Å². The third-order valence-corrected chi connectivity index (χ3v) is 2.99. The lowest BCUT2D eigenvalue weighted by molar-refractivity contribution is -0.310. The van der Waals surface area contributed by atoms with Crippen molar-refractivity contribution in [2.75, 3.05) is 0 Å². The lowest BCUT2D eigenvalue weighted by atomic mass is 9.70. The van der Waals surface area contributed by atoms with Crippen LogP contribution in [0.4, 0.5) is 0 Å². The number of carboxylic acid groups (broad SMARTS) is 1. The van der Waals surface area contributed by atoms with E-state index >= 15 is 0 Å². The maximum atomic E-state index is 10.9. The van der Waals surface area contributed by atoms with E-state index in [0.717, 1.165) is 31.3 Å². The SMILES string of the molecule is CC/C=C1\CC(C)(C)CCC1C(=O)[O-]. The van der Waals surface area contributed by atoms with Gasteiger partial charge in [-0.15, -0.1) is 0 Å². The second-order valence-electron chi connectivity index (χ2n) is 4.94. The van der Waals surface area contributed by atoms with Gasteiger partial charge in [0.1, 0.15) is 0 Å². The van der Waals surface area contributed by atoms with E-state index in [-0.39, 0.29) is 11.3 Å². The zero-order chi connectivity index (χ0) is 10.8. The summed E-state index contributed by atoms with van der Waals surface area (Å²) in [6.07, 6.45) is 5.59. The molecule has 0 N–H and O–H groups in total. The van der Waals surface area contributed by atoms with Gasteiger partial charge in [-0.2, -0.15) is 0 Å². The van der Waals surface area contributed by atoms with Gasteiger partial charge in [-0.25, -0.2) is 0 Å². The normalized spacial score (nSPS) is 29.1. The molecule has 0 aromatic heterocycles. The van der Waals surface area contributed by atoms with E-state index in [9.17, 15) is 9.90 Å². The Kier molecular flexibility index (Phi) is 3.35. The summed E-state index contributed by atoms with van der Waals surface area (Å²) >= 11 is 0. The van der Waals surface area contributed by atoms with Crippen molar-refractivity contribution in [3.63, 3.8) is 0 Å². The number of hydrogen-bond donors (Lipinski definition) is 0. The smallest absolute Gasteiger partial charge is 0.0485 e. The molecular weight excluding hydrogens is 176 g/mol. The van der Waals surface area contributed by atoms with Crippen molar-refractivity contribution in [1.29, 1.82) is 0 Å². The Bertz CT molecular complexity index is 251. The molecule has 1 atom stereocenters. The van der Waals surface area contributed by atoms with E-state index in [2.05, 4.69) is 19.9 Å². The third kappa shape index (κ3) is 2.60. The quantitative estimate of drug-likeness (QED) is 0.631. The van der Waals surface area contributed by atoms with E-state index in [1.54, 1.807) is 0 Å². The number of allylic oxidation sites excluding steroid dienone is 1. The van der Waals surface area contributed by atoms with Gasteiger partial charge < -0.3 is 9.90 Å². The summed E-state index contributed by atoms with van der Waals surface area (Å²) in [7, 11) is 0. The van der Waals surface area contributed by atoms with Gasteiger partial charge in [0, 0.05) is 11.9 Å². The first-order valence-electron chi connectivity index (χ1n) is 5.36. The monoisotopic (exact) mass is 195 g/mol. The van der Waals surface area contributed by atoms with E-state index in [4.69, 9.17) is 0 Å². The first-order valence-corrected chi connectivity index (χ1v) is 5.36. The highest BCUT2D eigenvalue weighted by Crippen LogP contribution is 2.41. The Morgan fingerprint density at radius 1 is 1.64 bits per heavy atom. The van der Waals surface area contributed by atoms with E-state index in [0.29, 0.717) is 0 Å². The minimum atomic E-state index is -0.903. The molecule has 0 heterocycles. The second-order valence-corrected chi connectivity index (χ2v) is 4.94. The summed E-state index contributed by atoms with van der Waals surface area (Å²) in [5, 5.41) is 10.9.